The number of allylic oxidation sites excluding steroid dienone is 1. The first-order valence-electron chi connectivity index (χ1n) is 3.66. The van der Waals surface area contributed by atoms with Crippen LogP contribution in [-0.4, -0.2) is 11.8 Å². The van der Waals surface area contributed by atoms with Gasteiger partial charge in [-0.2, -0.15) is 8.78 Å². The zero-order valence-corrected chi connectivity index (χ0v) is 7.24. The topological polar surface area (TPSA) is 29.1 Å². The molecule has 0 unspecified atom stereocenters. The Labute approximate surface area is 69.6 Å². The summed E-state index contributed by atoms with van der Waals surface area (Å²) in [5.74, 6) is -4.56. The van der Waals surface area contributed by atoms with E-state index in [1.165, 1.54) is 0 Å². The van der Waals surface area contributed by atoms with Crippen molar-refractivity contribution >= 4 is 5.91 Å². The molecule has 0 saturated carbocycles. The number of carbonyl (C=O) groups is 1. The standard InChI is InChI=1S/C8H11F2NO/c1-7(2,3)5-4-8(9,10)6(12)11-5/h4H,1-3H3,(H,11,12). The van der Waals surface area contributed by atoms with Crippen molar-refractivity contribution < 1.29 is 13.6 Å². The van der Waals surface area contributed by atoms with Gasteiger partial charge >= 0.3 is 5.92 Å². The molecule has 1 aliphatic heterocycles. The van der Waals surface area contributed by atoms with Gasteiger partial charge in [0.05, 0.1) is 0 Å². The molecular formula is C8H11F2NO. The highest BCUT2D eigenvalue weighted by atomic mass is 19.3. The van der Waals surface area contributed by atoms with Crippen LogP contribution in [0.5, 0.6) is 0 Å². The molecule has 1 heterocycles. The fraction of sp³-hybridized carbons (Fsp3) is 0.625. The maximum atomic E-state index is 12.6. The third kappa shape index (κ3) is 1.47. The number of nitrogens with one attached hydrogen (secondary N) is 1. The summed E-state index contributed by atoms with van der Waals surface area (Å²) < 4.78 is 25.3. The Bertz CT molecular complexity index is 250. The minimum atomic E-state index is -3.33. The van der Waals surface area contributed by atoms with Crippen molar-refractivity contribution in [2.24, 2.45) is 5.41 Å². The van der Waals surface area contributed by atoms with E-state index in [9.17, 15) is 13.6 Å². The van der Waals surface area contributed by atoms with Crippen molar-refractivity contribution in [3.05, 3.63) is 11.8 Å². The Morgan fingerprint density at radius 2 is 1.92 bits per heavy atom. The van der Waals surface area contributed by atoms with Gasteiger partial charge in [0.25, 0.3) is 5.91 Å². The van der Waals surface area contributed by atoms with Gasteiger partial charge in [-0.15, -0.1) is 0 Å². The second-order valence-corrected chi connectivity index (χ2v) is 3.89. The Morgan fingerprint density at radius 3 is 2.08 bits per heavy atom. The quantitative estimate of drug-likeness (QED) is 0.596. The highest BCUT2D eigenvalue weighted by molar-refractivity contribution is 5.90. The fourth-order valence-electron chi connectivity index (χ4n) is 0.893. The second-order valence-electron chi connectivity index (χ2n) is 3.89. The van der Waals surface area contributed by atoms with Crippen LogP contribution in [0, 0.1) is 5.41 Å². The van der Waals surface area contributed by atoms with E-state index < -0.39 is 17.2 Å². The smallest absolute Gasteiger partial charge is 0.324 e. The molecule has 0 aliphatic carbocycles. The molecule has 0 aromatic heterocycles. The predicted octanol–water partition coefficient (Wildman–Crippen LogP) is 1.68. The summed E-state index contributed by atoms with van der Waals surface area (Å²) in [6.07, 6.45) is 0.690. The molecule has 12 heavy (non-hydrogen) atoms. The molecule has 0 radical (unpaired) electrons. The second kappa shape index (κ2) is 2.28. The molecule has 68 valence electrons. The monoisotopic (exact) mass is 175 g/mol. The molecule has 0 aromatic carbocycles. The summed E-state index contributed by atoms with van der Waals surface area (Å²) in [6.45, 7) is 5.29. The van der Waals surface area contributed by atoms with E-state index in [0.29, 0.717) is 6.08 Å². The minimum absolute atomic E-state index is 0.289. The number of halogens is 2. The molecule has 0 fully saturated rings. The van der Waals surface area contributed by atoms with Gasteiger partial charge in [0.1, 0.15) is 0 Å². The van der Waals surface area contributed by atoms with Crippen LogP contribution in [-0.2, 0) is 4.79 Å². The summed E-state index contributed by atoms with van der Waals surface area (Å²) in [5, 5.41) is 2.16. The molecule has 0 spiro atoms. The first-order valence-corrected chi connectivity index (χ1v) is 3.66. The molecule has 1 rings (SSSR count). The van der Waals surface area contributed by atoms with Crippen LogP contribution < -0.4 is 5.32 Å². The number of rotatable bonds is 0. The molecule has 1 N–H and O–H groups in total. The SMILES string of the molecule is CC(C)(C)C1=CC(F)(F)C(=O)N1. The summed E-state index contributed by atoms with van der Waals surface area (Å²) in [4.78, 5) is 10.6. The lowest BCUT2D eigenvalue weighted by molar-refractivity contribution is -0.136. The minimum Gasteiger partial charge on any atom is -0.324 e. The fourth-order valence-corrected chi connectivity index (χ4v) is 0.893. The number of alkyl halides is 2. The van der Waals surface area contributed by atoms with Crippen molar-refractivity contribution in [3.63, 3.8) is 0 Å². The van der Waals surface area contributed by atoms with E-state index in [2.05, 4.69) is 5.32 Å². The van der Waals surface area contributed by atoms with Crippen LogP contribution in [0.3, 0.4) is 0 Å². The Hall–Kier alpha value is -0.930. The molecule has 0 aromatic rings. The molecular weight excluding hydrogens is 164 g/mol. The number of hydrogen-bond donors (Lipinski definition) is 1. The van der Waals surface area contributed by atoms with Crippen molar-refractivity contribution in [2.45, 2.75) is 26.7 Å². The summed E-state index contributed by atoms with van der Waals surface area (Å²) in [5.41, 5.74) is -0.146. The van der Waals surface area contributed by atoms with Gasteiger partial charge in [-0.3, -0.25) is 4.79 Å². The summed E-state index contributed by atoms with van der Waals surface area (Å²) >= 11 is 0. The summed E-state index contributed by atoms with van der Waals surface area (Å²) in [6, 6.07) is 0. The van der Waals surface area contributed by atoms with Gasteiger partial charge in [0.15, 0.2) is 0 Å². The normalized spacial score (nSPS) is 22.1. The lowest BCUT2D eigenvalue weighted by Crippen LogP contribution is -2.32. The predicted molar refractivity (Wildman–Crippen MR) is 40.6 cm³/mol. The number of hydrogen-bond acceptors (Lipinski definition) is 1. The molecule has 0 bridgehead atoms. The Balaban J connectivity index is 2.95. The third-order valence-corrected chi connectivity index (χ3v) is 1.68. The van der Waals surface area contributed by atoms with Crippen molar-refractivity contribution in [3.8, 4) is 0 Å². The van der Waals surface area contributed by atoms with Crippen LogP contribution in [0.2, 0.25) is 0 Å². The molecule has 0 saturated heterocycles. The van der Waals surface area contributed by atoms with E-state index in [0.717, 1.165) is 0 Å². The van der Waals surface area contributed by atoms with Crippen LogP contribution in [0.25, 0.3) is 0 Å². The maximum absolute atomic E-state index is 12.6. The average Bonchev–Trinajstić information content (AvgIpc) is 2.06. The Kier molecular flexibility index (Phi) is 1.74. The van der Waals surface area contributed by atoms with Gasteiger partial charge in [-0.1, -0.05) is 20.8 Å². The lowest BCUT2D eigenvalue weighted by atomic mass is 9.92. The zero-order valence-electron chi connectivity index (χ0n) is 7.24. The van der Waals surface area contributed by atoms with Gasteiger partial charge in [-0.05, 0) is 0 Å². The largest absolute Gasteiger partial charge is 0.345 e. The van der Waals surface area contributed by atoms with Crippen molar-refractivity contribution in [1.82, 2.24) is 5.32 Å². The van der Waals surface area contributed by atoms with Gasteiger partial charge in [0, 0.05) is 17.2 Å². The first kappa shape index (κ1) is 9.16. The third-order valence-electron chi connectivity index (χ3n) is 1.68. The zero-order chi connectivity index (χ0) is 9.57. The van der Waals surface area contributed by atoms with E-state index in [1.807, 2.05) is 0 Å². The van der Waals surface area contributed by atoms with E-state index in [1.54, 1.807) is 20.8 Å². The lowest BCUT2D eigenvalue weighted by Gasteiger charge is -2.19. The first-order chi connectivity index (χ1) is 5.23. The number of amides is 1. The average molecular weight is 175 g/mol. The van der Waals surface area contributed by atoms with Crippen LogP contribution in [0.4, 0.5) is 8.78 Å². The van der Waals surface area contributed by atoms with Crippen LogP contribution in [0.15, 0.2) is 11.8 Å². The highest BCUT2D eigenvalue weighted by Gasteiger charge is 2.44. The highest BCUT2D eigenvalue weighted by Crippen LogP contribution is 2.32. The van der Waals surface area contributed by atoms with E-state index >= 15 is 0 Å². The molecule has 0 atom stereocenters. The van der Waals surface area contributed by atoms with Gasteiger partial charge in [-0.25, -0.2) is 0 Å². The van der Waals surface area contributed by atoms with E-state index in [-0.39, 0.29) is 5.70 Å². The molecule has 4 heteroatoms. The molecule has 1 amide bonds. The Morgan fingerprint density at radius 1 is 1.42 bits per heavy atom. The summed E-state index contributed by atoms with van der Waals surface area (Å²) in [7, 11) is 0. The van der Waals surface area contributed by atoms with E-state index in [4.69, 9.17) is 0 Å². The van der Waals surface area contributed by atoms with Gasteiger partial charge < -0.3 is 5.32 Å². The maximum Gasteiger partial charge on any atom is 0.345 e. The molecule has 2 nitrogen and oxygen atoms in total. The van der Waals surface area contributed by atoms with Crippen LogP contribution >= 0.6 is 0 Å². The van der Waals surface area contributed by atoms with Crippen molar-refractivity contribution in [2.75, 3.05) is 0 Å². The molecule has 1 aliphatic rings. The number of carbonyl (C=O) groups excluding carboxylic acids is 1. The van der Waals surface area contributed by atoms with Crippen LogP contribution in [0.1, 0.15) is 20.8 Å². The van der Waals surface area contributed by atoms with Crippen molar-refractivity contribution in [1.29, 1.82) is 0 Å². The van der Waals surface area contributed by atoms with Gasteiger partial charge in [0.2, 0.25) is 0 Å².